The molecule has 1 aliphatic rings. The van der Waals surface area contributed by atoms with Crippen molar-refractivity contribution < 1.29 is 0 Å². The van der Waals surface area contributed by atoms with Crippen molar-refractivity contribution >= 4 is 0 Å². The van der Waals surface area contributed by atoms with Crippen LogP contribution in [0.3, 0.4) is 0 Å². The molecule has 7 nitrogen and oxygen atoms in total. The molecular weight excluding hydrogens is 242 g/mol. The average molecular weight is 261 g/mol. The number of nitrogens with zero attached hydrogens (tertiary/aromatic N) is 7. The lowest BCUT2D eigenvalue weighted by molar-refractivity contribution is 0.183. The molecule has 2 atom stereocenters. The van der Waals surface area contributed by atoms with E-state index in [1.807, 2.05) is 25.0 Å². The largest absolute Gasteiger partial charge is 0.286 e. The molecule has 0 aromatic carbocycles. The lowest BCUT2D eigenvalue weighted by Crippen LogP contribution is -2.28. The molecule has 3 heterocycles. The fourth-order valence-corrected chi connectivity index (χ4v) is 2.96. The highest BCUT2D eigenvalue weighted by atomic mass is 15.5. The van der Waals surface area contributed by atoms with Crippen LogP contribution >= 0.6 is 0 Å². The van der Waals surface area contributed by atoms with E-state index in [0.29, 0.717) is 6.04 Å². The van der Waals surface area contributed by atoms with Crippen molar-refractivity contribution in [2.24, 2.45) is 14.1 Å². The van der Waals surface area contributed by atoms with Crippen LogP contribution in [0.1, 0.15) is 43.2 Å². The van der Waals surface area contributed by atoms with Gasteiger partial charge in [-0.25, -0.2) is 4.68 Å². The van der Waals surface area contributed by atoms with Crippen LogP contribution in [0.15, 0.2) is 12.4 Å². The number of tetrazole rings is 1. The Labute approximate surface area is 112 Å². The van der Waals surface area contributed by atoms with Crippen molar-refractivity contribution in [1.82, 2.24) is 34.9 Å². The fourth-order valence-electron chi connectivity index (χ4n) is 2.96. The van der Waals surface area contributed by atoms with Crippen molar-refractivity contribution in [3.8, 4) is 0 Å². The van der Waals surface area contributed by atoms with E-state index in [2.05, 4.69) is 38.6 Å². The highest BCUT2D eigenvalue weighted by Crippen LogP contribution is 2.37. The van der Waals surface area contributed by atoms with Crippen molar-refractivity contribution in [2.45, 2.75) is 31.8 Å². The molecule has 2 unspecified atom stereocenters. The zero-order valence-corrected chi connectivity index (χ0v) is 11.6. The van der Waals surface area contributed by atoms with Crippen LogP contribution in [0.25, 0.3) is 0 Å². The van der Waals surface area contributed by atoms with Crippen LogP contribution in [0, 0.1) is 0 Å². The SMILES string of the molecule is CC(c1nnnn1C)N1CCCC1c1cnn(C)c1. The summed E-state index contributed by atoms with van der Waals surface area (Å²) in [5.41, 5.74) is 1.28. The van der Waals surface area contributed by atoms with Gasteiger partial charge in [0.05, 0.1) is 12.2 Å². The summed E-state index contributed by atoms with van der Waals surface area (Å²) in [6.07, 6.45) is 6.44. The topological polar surface area (TPSA) is 64.7 Å². The standard InChI is InChI=1S/C12H19N7/c1-9(12-14-15-16-18(12)3)19-6-4-5-11(19)10-7-13-17(2)8-10/h7-9,11H,4-6H2,1-3H3. The second kappa shape index (κ2) is 4.73. The highest BCUT2D eigenvalue weighted by Gasteiger charge is 2.33. The molecule has 1 saturated heterocycles. The van der Waals surface area contributed by atoms with E-state index in [0.717, 1.165) is 12.4 Å². The Morgan fingerprint density at radius 3 is 2.84 bits per heavy atom. The Morgan fingerprint density at radius 1 is 1.37 bits per heavy atom. The third-order valence-corrected chi connectivity index (χ3v) is 3.93. The number of hydrogen-bond donors (Lipinski definition) is 0. The van der Waals surface area contributed by atoms with Gasteiger partial charge in [-0.1, -0.05) is 0 Å². The molecule has 0 spiro atoms. The summed E-state index contributed by atoms with van der Waals surface area (Å²) < 4.78 is 3.61. The zero-order valence-electron chi connectivity index (χ0n) is 11.6. The molecule has 0 bridgehead atoms. The van der Waals surface area contributed by atoms with Gasteiger partial charge < -0.3 is 0 Å². The number of aromatic nitrogens is 6. The van der Waals surface area contributed by atoms with Gasteiger partial charge >= 0.3 is 0 Å². The van der Waals surface area contributed by atoms with E-state index in [1.165, 1.54) is 18.4 Å². The Balaban J connectivity index is 1.85. The van der Waals surface area contributed by atoms with Crippen molar-refractivity contribution in [2.75, 3.05) is 6.54 Å². The van der Waals surface area contributed by atoms with Crippen molar-refractivity contribution in [1.29, 1.82) is 0 Å². The van der Waals surface area contributed by atoms with Crippen LogP contribution in [0.2, 0.25) is 0 Å². The second-order valence-electron chi connectivity index (χ2n) is 5.18. The first-order chi connectivity index (χ1) is 9.16. The van der Waals surface area contributed by atoms with E-state index in [9.17, 15) is 0 Å². The number of rotatable bonds is 3. The molecular formula is C12H19N7. The van der Waals surface area contributed by atoms with E-state index in [4.69, 9.17) is 0 Å². The first-order valence-corrected chi connectivity index (χ1v) is 6.63. The zero-order chi connectivity index (χ0) is 13.4. The summed E-state index contributed by atoms with van der Waals surface area (Å²) in [4.78, 5) is 2.46. The Bertz CT molecular complexity index is 558. The van der Waals surface area contributed by atoms with Crippen molar-refractivity contribution in [3.63, 3.8) is 0 Å². The van der Waals surface area contributed by atoms with E-state index in [-0.39, 0.29) is 6.04 Å². The number of hydrogen-bond acceptors (Lipinski definition) is 5. The minimum absolute atomic E-state index is 0.215. The van der Waals surface area contributed by atoms with Crippen molar-refractivity contribution in [3.05, 3.63) is 23.8 Å². The smallest absolute Gasteiger partial charge is 0.167 e. The minimum atomic E-state index is 0.215. The van der Waals surface area contributed by atoms with Crippen LogP contribution in [0.5, 0.6) is 0 Å². The van der Waals surface area contributed by atoms with Gasteiger partial charge in [-0.15, -0.1) is 5.10 Å². The van der Waals surface area contributed by atoms with Gasteiger partial charge in [-0.2, -0.15) is 5.10 Å². The highest BCUT2D eigenvalue weighted by molar-refractivity contribution is 5.13. The number of likely N-dealkylation sites (tertiary alicyclic amines) is 1. The lowest BCUT2D eigenvalue weighted by atomic mass is 10.1. The molecule has 7 heteroatoms. The molecule has 0 amide bonds. The summed E-state index contributed by atoms with van der Waals surface area (Å²) in [5.74, 6) is 0.913. The fraction of sp³-hybridized carbons (Fsp3) is 0.667. The molecule has 0 saturated carbocycles. The minimum Gasteiger partial charge on any atom is -0.286 e. The maximum absolute atomic E-state index is 4.28. The van der Waals surface area contributed by atoms with Gasteiger partial charge in [-0.05, 0) is 36.7 Å². The number of aryl methyl sites for hydroxylation is 2. The summed E-state index contributed by atoms with van der Waals surface area (Å²) in [6, 6.07) is 0.633. The van der Waals surface area contributed by atoms with Crippen LogP contribution in [0.4, 0.5) is 0 Å². The summed E-state index contributed by atoms with van der Waals surface area (Å²) in [6.45, 7) is 3.24. The predicted octanol–water partition coefficient (Wildman–Crippen LogP) is 0.842. The second-order valence-corrected chi connectivity index (χ2v) is 5.18. The Hall–Kier alpha value is -1.76. The first kappa shape index (κ1) is 12.3. The summed E-state index contributed by atoms with van der Waals surface area (Å²) >= 11 is 0. The van der Waals surface area contributed by atoms with Gasteiger partial charge in [-0.3, -0.25) is 9.58 Å². The maximum atomic E-state index is 4.28. The molecule has 1 fully saturated rings. The molecule has 1 aliphatic heterocycles. The predicted molar refractivity (Wildman–Crippen MR) is 69.1 cm³/mol. The normalized spacial score (nSPS) is 21.9. The van der Waals surface area contributed by atoms with Gasteiger partial charge in [0.25, 0.3) is 0 Å². The average Bonchev–Trinajstić information content (AvgIpc) is 3.07. The van der Waals surface area contributed by atoms with E-state index in [1.54, 1.807) is 4.68 Å². The molecule has 19 heavy (non-hydrogen) atoms. The molecule has 2 aromatic heterocycles. The van der Waals surface area contributed by atoms with Crippen LogP contribution in [-0.2, 0) is 14.1 Å². The quantitative estimate of drug-likeness (QED) is 0.819. The van der Waals surface area contributed by atoms with E-state index < -0.39 is 0 Å². The van der Waals surface area contributed by atoms with Crippen LogP contribution in [-0.4, -0.2) is 41.4 Å². The maximum Gasteiger partial charge on any atom is 0.167 e. The Morgan fingerprint density at radius 2 is 2.21 bits per heavy atom. The monoisotopic (exact) mass is 261 g/mol. The summed E-state index contributed by atoms with van der Waals surface area (Å²) in [7, 11) is 3.85. The van der Waals surface area contributed by atoms with Gasteiger partial charge in [0.15, 0.2) is 5.82 Å². The molecule has 0 aliphatic carbocycles. The molecule has 0 radical (unpaired) electrons. The first-order valence-electron chi connectivity index (χ1n) is 6.63. The Kier molecular flexibility index (Phi) is 3.06. The van der Waals surface area contributed by atoms with Gasteiger partial charge in [0.2, 0.25) is 0 Å². The third-order valence-electron chi connectivity index (χ3n) is 3.93. The molecule has 102 valence electrons. The lowest BCUT2D eigenvalue weighted by Gasteiger charge is -2.28. The van der Waals surface area contributed by atoms with Crippen LogP contribution < -0.4 is 0 Å². The van der Waals surface area contributed by atoms with Gasteiger partial charge in [0, 0.05) is 31.9 Å². The van der Waals surface area contributed by atoms with Gasteiger partial charge in [0.1, 0.15) is 0 Å². The summed E-state index contributed by atoms with van der Waals surface area (Å²) in [5, 5.41) is 16.1. The molecule has 2 aromatic rings. The third kappa shape index (κ3) is 2.14. The molecule has 3 rings (SSSR count). The molecule has 0 N–H and O–H groups in total. The van der Waals surface area contributed by atoms with E-state index >= 15 is 0 Å².